The highest BCUT2D eigenvalue weighted by Gasteiger charge is 1.91. The third-order valence-electron chi connectivity index (χ3n) is 2.48. The Morgan fingerprint density at radius 1 is 0.750 bits per heavy atom. The van der Waals surface area contributed by atoms with Crippen LogP contribution in [-0.2, 0) is 9.47 Å². The maximum Gasteiger partial charge on any atom is 0.0700 e. The fourth-order valence-electron chi connectivity index (χ4n) is 1.43. The van der Waals surface area contributed by atoms with Gasteiger partial charge in [-0.3, -0.25) is 0 Å². The van der Waals surface area contributed by atoms with Crippen molar-refractivity contribution in [3.05, 3.63) is 0 Å². The maximum atomic E-state index is 5.48. The van der Waals surface area contributed by atoms with Crippen LogP contribution in [0.25, 0.3) is 0 Å². The molecular formula is C13H29NO2. The average Bonchev–Trinajstić information content (AvgIpc) is 2.31. The van der Waals surface area contributed by atoms with Gasteiger partial charge in [-0.2, -0.15) is 0 Å². The molecule has 0 saturated carbocycles. The predicted molar refractivity (Wildman–Crippen MR) is 68.9 cm³/mol. The molecule has 3 nitrogen and oxygen atoms in total. The van der Waals surface area contributed by atoms with Crippen molar-refractivity contribution in [1.29, 1.82) is 0 Å². The lowest BCUT2D eigenvalue weighted by atomic mass is 10.2. The minimum Gasteiger partial charge on any atom is -0.379 e. The van der Waals surface area contributed by atoms with Crippen LogP contribution in [-0.4, -0.2) is 40.0 Å². The molecule has 0 heterocycles. The van der Waals surface area contributed by atoms with E-state index in [4.69, 9.17) is 9.47 Å². The third kappa shape index (κ3) is 13.9. The topological polar surface area (TPSA) is 30.5 Å². The van der Waals surface area contributed by atoms with Gasteiger partial charge in [-0.25, -0.2) is 0 Å². The standard InChI is InChI=1S/C13H29NO2/c1-3-4-10-15-12-13-16-11-8-6-5-7-9-14-2/h14H,3-13H2,1-2H3. The lowest BCUT2D eigenvalue weighted by Crippen LogP contribution is -2.08. The van der Waals surface area contributed by atoms with Crippen molar-refractivity contribution in [2.75, 3.05) is 40.0 Å². The van der Waals surface area contributed by atoms with Crippen LogP contribution in [0.3, 0.4) is 0 Å². The van der Waals surface area contributed by atoms with Gasteiger partial charge in [0, 0.05) is 13.2 Å². The van der Waals surface area contributed by atoms with Crippen LogP contribution in [0.5, 0.6) is 0 Å². The normalized spacial score (nSPS) is 10.9. The van der Waals surface area contributed by atoms with E-state index in [2.05, 4.69) is 12.2 Å². The molecule has 16 heavy (non-hydrogen) atoms. The van der Waals surface area contributed by atoms with Gasteiger partial charge in [0.15, 0.2) is 0 Å². The lowest BCUT2D eigenvalue weighted by Gasteiger charge is -2.05. The van der Waals surface area contributed by atoms with Gasteiger partial charge in [0.05, 0.1) is 13.2 Å². The molecule has 0 amide bonds. The summed E-state index contributed by atoms with van der Waals surface area (Å²) in [6.07, 6.45) is 7.39. The molecule has 98 valence electrons. The second-order valence-corrected chi connectivity index (χ2v) is 4.10. The monoisotopic (exact) mass is 231 g/mol. The summed E-state index contributed by atoms with van der Waals surface area (Å²) in [5.74, 6) is 0. The summed E-state index contributed by atoms with van der Waals surface area (Å²) in [7, 11) is 2.00. The van der Waals surface area contributed by atoms with E-state index in [1.165, 1.54) is 32.1 Å². The zero-order valence-corrected chi connectivity index (χ0v) is 11.1. The number of hydrogen-bond acceptors (Lipinski definition) is 3. The summed E-state index contributed by atoms with van der Waals surface area (Å²) in [6.45, 7) is 6.57. The Labute approximate surface area is 101 Å². The number of nitrogens with one attached hydrogen (secondary N) is 1. The zero-order valence-electron chi connectivity index (χ0n) is 11.1. The fourth-order valence-corrected chi connectivity index (χ4v) is 1.43. The molecule has 0 aliphatic rings. The first kappa shape index (κ1) is 15.9. The van der Waals surface area contributed by atoms with Crippen molar-refractivity contribution in [1.82, 2.24) is 5.32 Å². The molecule has 0 spiro atoms. The third-order valence-corrected chi connectivity index (χ3v) is 2.48. The molecule has 0 rings (SSSR count). The van der Waals surface area contributed by atoms with E-state index in [9.17, 15) is 0 Å². The van der Waals surface area contributed by atoms with Crippen LogP contribution >= 0.6 is 0 Å². The lowest BCUT2D eigenvalue weighted by molar-refractivity contribution is 0.0453. The molecule has 0 aliphatic carbocycles. The average molecular weight is 231 g/mol. The van der Waals surface area contributed by atoms with Gasteiger partial charge in [0.25, 0.3) is 0 Å². The summed E-state index contributed by atoms with van der Waals surface area (Å²) >= 11 is 0. The highest BCUT2D eigenvalue weighted by atomic mass is 16.5. The minimum absolute atomic E-state index is 0.750. The van der Waals surface area contributed by atoms with Crippen molar-refractivity contribution >= 4 is 0 Å². The summed E-state index contributed by atoms with van der Waals surface area (Å²) in [5.41, 5.74) is 0. The molecule has 1 N–H and O–H groups in total. The van der Waals surface area contributed by atoms with Gasteiger partial charge in [0.1, 0.15) is 0 Å². The molecule has 0 saturated heterocycles. The predicted octanol–water partition coefficient (Wildman–Crippen LogP) is 2.60. The highest BCUT2D eigenvalue weighted by Crippen LogP contribution is 1.99. The van der Waals surface area contributed by atoms with E-state index in [1.54, 1.807) is 0 Å². The SMILES string of the molecule is CCCCOCCOCCCCCCNC. The highest BCUT2D eigenvalue weighted by molar-refractivity contribution is 4.45. The smallest absolute Gasteiger partial charge is 0.0700 e. The molecule has 0 aromatic rings. The Morgan fingerprint density at radius 2 is 1.38 bits per heavy atom. The van der Waals surface area contributed by atoms with Crippen molar-refractivity contribution in [3.8, 4) is 0 Å². The van der Waals surface area contributed by atoms with Crippen molar-refractivity contribution < 1.29 is 9.47 Å². The van der Waals surface area contributed by atoms with E-state index in [1.807, 2.05) is 7.05 Å². The van der Waals surface area contributed by atoms with Gasteiger partial charge in [-0.05, 0) is 32.9 Å². The Bertz CT molecular complexity index is 107. The van der Waals surface area contributed by atoms with E-state index in [-0.39, 0.29) is 0 Å². The van der Waals surface area contributed by atoms with E-state index in [0.29, 0.717) is 0 Å². The van der Waals surface area contributed by atoms with Crippen LogP contribution in [0.2, 0.25) is 0 Å². The molecule has 0 aromatic carbocycles. The first-order valence-electron chi connectivity index (χ1n) is 6.72. The van der Waals surface area contributed by atoms with Crippen molar-refractivity contribution in [3.63, 3.8) is 0 Å². The summed E-state index contributed by atoms with van der Waals surface area (Å²) < 4.78 is 10.9. The number of unbranched alkanes of at least 4 members (excludes halogenated alkanes) is 4. The number of ether oxygens (including phenoxy) is 2. The fraction of sp³-hybridized carbons (Fsp3) is 1.00. The molecular weight excluding hydrogens is 202 g/mol. The Hall–Kier alpha value is -0.120. The molecule has 0 unspecified atom stereocenters. The van der Waals surface area contributed by atoms with Gasteiger partial charge in [-0.15, -0.1) is 0 Å². The van der Waals surface area contributed by atoms with Crippen LogP contribution in [0, 0.1) is 0 Å². The first-order chi connectivity index (χ1) is 7.91. The Morgan fingerprint density at radius 3 is 2.00 bits per heavy atom. The molecule has 0 atom stereocenters. The second kappa shape index (κ2) is 14.9. The van der Waals surface area contributed by atoms with Gasteiger partial charge >= 0.3 is 0 Å². The quantitative estimate of drug-likeness (QED) is 0.494. The molecule has 0 aliphatic heterocycles. The van der Waals surface area contributed by atoms with Gasteiger partial charge in [-0.1, -0.05) is 26.2 Å². The molecule has 0 fully saturated rings. The Kier molecular flexibility index (Phi) is 14.8. The van der Waals surface area contributed by atoms with Crippen molar-refractivity contribution in [2.45, 2.75) is 45.4 Å². The van der Waals surface area contributed by atoms with Gasteiger partial charge in [0.2, 0.25) is 0 Å². The van der Waals surface area contributed by atoms with Gasteiger partial charge < -0.3 is 14.8 Å². The molecule has 3 heteroatoms. The number of rotatable bonds is 13. The van der Waals surface area contributed by atoms with E-state index < -0.39 is 0 Å². The van der Waals surface area contributed by atoms with Crippen LogP contribution in [0.1, 0.15) is 45.4 Å². The van der Waals surface area contributed by atoms with Crippen molar-refractivity contribution in [2.24, 2.45) is 0 Å². The van der Waals surface area contributed by atoms with E-state index >= 15 is 0 Å². The maximum absolute atomic E-state index is 5.48. The summed E-state index contributed by atoms with van der Waals surface area (Å²) in [5, 5.41) is 3.16. The molecule has 0 radical (unpaired) electrons. The molecule has 0 bridgehead atoms. The summed E-state index contributed by atoms with van der Waals surface area (Å²) in [4.78, 5) is 0. The largest absolute Gasteiger partial charge is 0.379 e. The molecule has 0 aromatic heterocycles. The zero-order chi connectivity index (χ0) is 11.9. The number of hydrogen-bond donors (Lipinski definition) is 1. The minimum atomic E-state index is 0.750. The van der Waals surface area contributed by atoms with E-state index in [0.717, 1.165) is 39.4 Å². The van der Waals surface area contributed by atoms with Crippen LogP contribution < -0.4 is 5.32 Å². The second-order valence-electron chi connectivity index (χ2n) is 4.10. The van der Waals surface area contributed by atoms with Crippen LogP contribution in [0.4, 0.5) is 0 Å². The van der Waals surface area contributed by atoms with Crippen LogP contribution in [0.15, 0.2) is 0 Å². The summed E-state index contributed by atoms with van der Waals surface area (Å²) in [6, 6.07) is 0. The first-order valence-corrected chi connectivity index (χ1v) is 6.72. The Balaban J connectivity index is 2.83.